The van der Waals surface area contributed by atoms with Crippen molar-refractivity contribution in [1.82, 2.24) is 10.2 Å². The largest absolute Gasteiger partial charge is 0.490 e. The molecule has 3 amide bonds. The van der Waals surface area contributed by atoms with Gasteiger partial charge >= 0.3 is 6.03 Å². The lowest BCUT2D eigenvalue weighted by molar-refractivity contribution is -0.123. The maximum absolute atomic E-state index is 12.7. The lowest BCUT2D eigenvalue weighted by Gasteiger charge is -2.13. The van der Waals surface area contributed by atoms with Gasteiger partial charge in [-0.25, -0.2) is 4.79 Å². The van der Waals surface area contributed by atoms with Crippen LogP contribution in [0.25, 0.3) is 6.08 Å². The van der Waals surface area contributed by atoms with Crippen molar-refractivity contribution in [3.05, 3.63) is 77.0 Å². The average Bonchev–Trinajstić information content (AvgIpc) is 2.96. The zero-order chi connectivity index (χ0) is 20.8. The zero-order valence-corrected chi connectivity index (χ0v) is 16.7. The van der Waals surface area contributed by atoms with E-state index in [9.17, 15) is 9.59 Å². The molecule has 0 unspecified atom stereocenters. The van der Waals surface area contributed by atoms with Crippen LogP contribution in [0.3, 0.4) is 0 Å². The molecule has 1 aliphatic rings. The number of benzene rings is 2. The minimum Gasteiger partial charge on any atom is -0.490 e. The molecule has 150 valence electrons. The summed E-state index contributed by atoms with van der Waals surface area (Å²) in [6, 6.07) is 12.2. The SMILES string of the molecule is C=CCOc1c(Cl)cc(/C=C2/NC(=O)N(Cc3ccccc3)C2=O)cc1OCC. The molecule has 2 aromatic carbocycles. The third-order valence-corrected chi connectivity index (χ3v) is 4.41. The second-order valence-electron chi connectivity index (χ2n) is 6.23. The fourth-order valence-corrected chi connectivity index (χ4v) is 3.14. The normalized spacial score (nSPS) is 14.8. The average molecular weight is 413 g/mol. The zero-order valence-electron chi connectivity index (χ0n) is 16.0. The van der Waals surface area contributed by atoms with Gasteiger partial charge in [-0.05, 0) is 36.3 Å². The van der Waals surface area contributed by atoms with E-state index < -0.39 is 11.9 Å². The quantitative estimate of drug-likeness (QED) is 0.396. The second kappa shape index (κ2) is 9.30. The molecule has 0 aromatic heterocycles. The Morgan fingerprint density at radius 2 is 1.93 bits per heavy atom. The van der Waals surface area contributed by atoms with Crippen LogP contribution in [0.15, 0.2) is 60.8 Å². The molecule has 7 heteroatoms. The number of ether oxygens (including phenoxy) is 2. The number of urea groups is 1. The molecule has 0 spiro atoms. The lowest BCUT2D eigenvalue weighted by Crippen LogP contribution is -2.30. The summed E-state index contributed by atoms with van der Waals surface area (Å²) in [4.78, 5) is 26.1. The Morgan fingerprint density at radius 3 is 2.62 bits per heavy atom. The summed E-state index contributed by atoms with van der Waals surface area (Å²) in [5.74, 6) is 0.453. The van der Waals surface area contributed by atoms with Gasteiger partial charge in [0.1, 0.15) is 12.3 Å². The van der Waals surface area contributed by atoms with Gasteiger partial charge in [0.2, 0.25) is 0 Å². The standard InChI is InChI=1S/C22H21ClN2O4/c1-3-10-29-20-17(23)11-16(13-19(20)28-4-2)12-18-21(26)25(22(27)24-18)14-15-8-6-5-7-9-15/h3,5-9,11-13H,1,4,10,14H2,2H3,(H,24,27)/b18-12+. The van der Waals surface area contributed by atoms with Crippen molar-refractivity contribution in [1.29, 1.82) is 0 Å². The van der Waals surface area contributed by atoms with Crippen LogP contribution in [0.1, 0.15) is 18.1 Å². The highest BCUT2D eigenvalue weighted by Gasteiger charge is 2.33. The maximum Gasteiger partial charge on any atom is 0.329 e. The fraction of sp³-hybridized carbons (Fsp3) is 0.182. The van der Waals surface area contributed by atoms with Crippen LogP contribution in [0, 0.1) is 0 Å². The number of carbonyl (C=O) groups excluding carboxylic acids is 2. The summed E-state index contributed by atoms with van der Waals surface area (Å²) in [5, 5.41) is 2.95. The molecule has 0 bridgehead atoms. The highest BCUT2D eigenvalue weighted by Crippen LogP contribution is 2.37. The molecule has 6 nitrogen and oxygen atoms in total. The fourth-order valence-electron chi connectivity index (χ4n) is 2.86. The Bertz CT molecular complexity index is 957. The van der Waals surface area contributed by atoms with Crippen molar-refractivity contribution in [2.75, 3.05) is 13.2 Å². The van der Waals surface area contributed by atoms with Crippen LogP contribution >= 0.6 is 11.6 Å². The topological polar surface area (TPSA) is 67.9 Å². The first kappa shape index (κ1) is 20.5. The van der Waals surface area contributed by atoms with Crippen molar-refractivity contribution >= 4 is 29.6 Å². The summed E-state index contributed by atoms with van der Waals surface area (Å²) in [6.07, 6.45) is 3.17. The number of imide groups is 1. The van der Waals surface area contributed by atoms with Gasteiger partial charge in [-0.2, -0.15) is 0 Å². The third kappa shape index (κ3) is 4.78. The molecule has 0 saturated carbocycles. The van der Waals surface area contributed by atoms with Crippen LogP contribution in [0.5, 0.6) is 11.5 Å². The van der Waals surface area contributed by atoms with Gasteiger partial charge in [0, 0.05) is 0 Å². The predicted octanol–water partition coefficient (Wildman–Crippen LogP) is 4.40. The second-order valence-corrected chi connectivity index (χ2v) is 6.63. The predicted molar refractivity (Wildman–Crippen MR) is 112 cm³/mol. The summed E-state index contributed by atoms with van der Waals surface area (Å²) >= 11 is 6.34. The van der Waals surface area contributed by atoms with Crippen molar-refractivity contribution in [3.8, 4) is 11.5 Å². The first-order chi connectivity index (χ1) is 14.0. The van der Waals surface area contributed by atoms with E-state index in [1.54, 1.807) is 24.3 Å². The number of amides is 3. The molecule has 1 N–H and O–H groups in total. The van der Waals surface area contributed by atoms with Crippen LogP contribution in [-0.4, -0.2) is 30.1 Å². The molecule has 0 aliphatic carbocycles. The Balaban J connectivity index is 1.86. The summed E-state index contributed by atoms with van der Waals surface area (Å²) < 4.78 is 11.2. The number of halogens is 1. The molecule has 1 fully saturated rings. The highest BCUT2D eigenvalue weighted by molar-refractivity contribution is 6.32. The first-order valence-electron chi connectivity index (χ1n) is 9.12. The van der Waals surface area contributed by atoms with Gasteiger partial charge in [-0.3, -0.25) is 9.69 Å². The van der Waals surface area contributed by atoms with Crippen molar-refractivity contribution in [2.24, 2.45) is 0 Å². The molecule has 0 radical (unpaired) electrons. The van der Waals surface area contributed by atoms with Gasteiger partial charge in [0.05, 0.1) is 18.2 Å². The molecule has 1 aliphatic heterocycles. The summed E-state index contributed by atoms with van der Waals surface area (Å²) in [5.41, 5.74) is 1.64. The molecule has 2 aromatic rings. The van der Waals surface area contributed by atoms with E-state index in [0.717, 1.165) is 10.5 Å². The Kier molecular flexibility index (Phi) is 6.57. The van der Waals surface area contributed by atoms with Crippen molar-refractivity contribution in [2.45, 2.75) is 13.5 Å². The number of rotatable bonds is 8. The maximum atomic E-state index is 12.7. The highest BCUT2D eigenvalue weighted by atomic mass is 35.5. The molecular weight excluding hydrogens is 392 g/mol. The van der Waals surface area contributed by atoms with E-state index in [-0.39, 0.29) is 18.8 Å². The smallest absolute Gasteiger partial charge is 0.329 e. The van der Waals surface area contributed by atoms with E-state index in [4.69, 9.17) is 21.1 Å². The number of carbonyl (C=O) groups is 2. The van der Waals surface area contributed by atoms with Crippen LogP contribution in [-0.2, 0) is 11.3 Å². The summed E-state index contributed by atoms with van der Waals surface area (Å²) in [7, 11) is 0. The van der Waals surface area contributed by atoms with E-state index in [2.05, 4.69) is 11.9 Å². The minimum absolute atomic E-state index is 0.171. The Labute approximate surface area is 174 Å². The van der Waals surface area contributed by atoms with Crippen LogP contribution in [0.2, 0.25) is 5.02 Å². The number of hydrogen-bond donors (Lipinski definition) is 1. The first-order valence-corrected chi connectivity index (χ1v) is 9.49. The number of hydrogen-bond acceptors (Lipinski definition) is 4. The van der Waals surface area contributed by atoms with Crippen LogP contribution in [0.4, 0.5) is 4.79 Å². The lowest BCUT2D eigenvalue weighted by atomic mass is 10.1. The van der Waals surface area contributed by atoms with E-state index in [0.29, 0.717) is 28.7 Å². The molecule has 1 heterocycles. The van der Waals surface area contributed by atoms with Gasteiger partial charge in [0.15, 0.2) is 11.5 Å². The van der Waals surface area contributed by atoms with E-state index in [1.807, 2.05) is 37.3 Å². The monoisotopic (exact) mass is 412 g/mol. The van der Waals surface area contributed by atoms with E-state index >= 15 is 0 Å². The van der Waals surface area contributed by atoms with Gasteiger partial charge in [0.25, 0.3) is 5.91 Å². The number of nitrogens with zero attached hydrogens (tertiary/aromatic N) is 1. The molecule has 0 atom stereocenters. The van der Waals surface area contributed by atoms with E-state index in [1.165, 1.54) is 0 Å². The molecule has 3 rings (SSSR count). The number of nitrogens with one attached hydrogen (secondary N) is 1. The van der Waals surface area contributed by atoms with Crippen molar-refractivity contribution < 1.29 is 19.1 Å². The molecular formula is C22H21ClN2O4. The van der Waals surface area contributed by atoms with Gasteiger partial charge in [-0.1, -0.05) is 54.6 Å². The Hall–Kier alpha value is -3.25. The molecule has 1 saturated heterocycles. The third-order valence-electron chi connectivity index (χ3n) is 4.13. The van der Waals surface area contributed by atoms with Crippen LogP contribution < -0.4 is 14.8 Å². The minimum atomic E-state index is -0.466. The molecule has 29 heavy (non-hydrogen) atoms. The van der Waals surface area contributed by atoms with Gasteiger partial charge in [-0.15, -0.1) is 0 Å². The van der Waals surface area contributed by atoms with Gasteiger partial charge < -0.3 is 14.8 Å². The Morgan fingerprint density at radius 1 is 1.17 bits per heavy atom. The summed E-state index contributed by atoms with van der Waals surface area (Å²) in [6.45, 7) is 6.36. The van der Waals surface area contributed by atoms with Crippen molar-refractivity contribution in [3.63, 3.8) is 0 Å².